The second-order valence-electron chi connectivity index (χ2n) is 5.34. The van der Waals surface area contributed by atoms with Crippen molar-refractivity contribution in [3.8, 4) is 0 Å². The first-order chi connectivity index (χ1) is 7.58. The highest BCUT2D eigenvalue weighted by molar-refractivity contribution is 7.91. The third kappa shape index (κ3) is 7.36. The maximum Gasteiger partial charge on any atom is 0.306 e. The van der Waals surface area contributed by atoms with Crippen LogP contribution in [0.4, 0.5) is 0 Å². The van der Waals surface area contributed by atoms with Gasteiger partial charge >= 0.3 is 5.97 Å². The fraction of sp³-hybridized carbons (Fsp3) is 0.917. The molecule has 0 heterocycles. The van der Waals surface area contributed by atoms with Gasteiger partial charge in [-0.15, -0.1) is 0 Å². The molecule has 0 aliphatic heterocycles. The lowest BCUT2D eigenvalue weighted by molar-refractivity contribution is -0.153. The summed E-state index contributed by atoms with van der Waals surface area (Å²) in [6.07, 6.45) is 0.337. The van der Waals surface area contributed by atoms with E-state index in [2.05, 4.69) is 0 Å². The Kier molecular flexibility index (Phi) is 6.16. The first-order valence-electron chi connectivity index (χ1n) is 5.98. The molecule has 0 unspecified atom stereocenters. The van der Waals surface area contributed by atoms with Crippen molar-refractivity contribution in [1.82, 2.24) is 0 Å². The third-order valence-corrected chi connectivity index (χ3v) is 4.59. The lowest BCUT2D eigenvalue weighted by atomic mass is 9.90. The monoisotopic (exact) mass is 264 g/mol. The van der Waals surface area contributed by atoms with E-state index in [9.17, 15) is 13.2 Å². The first-order valence-corrected chi connectivity index (χ1v) is 7.80. The van der Waals surface area contributed by atoms with Crippen LogP contribution < -0.4 is 0 Å². The van der Waals surface area contributed by atoms with E-state index in [1.54, 1.807) is 6.92 Å². The lowest BCUT2D eigenvalue weighted by Crippen LogP contribution is -2.28. The summed E-state index contributed by atoms with van der Waals surface area (Å²) in [4.78, 5) is 11.5. The molecule has 0 aromatic rings. The average molecular weight is 264 g/mol. The Morgan fingerprint density at radius 1 is 1.29 bits per heavy atom. The number of carbonyl (C=O) groups is 1. The molecule has 5 heteroatoms. The van der Waals surface area contributed by atoms with Crippen molar-refractivity contribution >= 4 is 15.8 Å². The zero-order chi connectivity index (χ0) is 13.7. The molecule has 0 radical (unpaired) electrons. The first kappa shape index (κ1) is 16.4. The minimum absolute atomic E-state index is 0.0580. The molecule has 0 aliphatic carbocycles. The molecule has 0 fully saturated rings. The molecule has 0 saturated heterocycles. The SMILES string of the molecule is CCS(=O)(=O)CCCC(=O)O[C@H](C)C(C)(C)C. The van der Waals surface area contributed by atoms with Gasteiger partial charge in [-0.3, -0.25) is 4.79 Å². The highest BCUT2D eigenvalue weighted by Gasteiger charge is 2.23. The molecule has 0 N–H and O–H groups in total. The number of esters is 1. The van der Waals surface area contributed by atoms with Gasteiger partial charge in [0.15, 0.2) is 0 Å². The molecule has 0 spiro atoms. The van der Waals surface area contributed by atoms with Crippen LogP contribution in [0.25, 0.3) is 0 Å². The molecule has 0 saturated carbocycles. The summed E-state index contributed by atoms with van der Waals surface area (Å²) in [6, 6.07) is 0. The van der Waals surface area contributed by atoms with Gasteiger partial charge in [-0.05, 0) is 18.8 Å². The van der Waals surface area contributed by atoms with E-state index in [4.69, 9.17) is 4.74 Å². The topological polar surface area (TPSA) is 60.4 Å². The van der Waals surface area contributed by atoms with Crippen molar-refractivity contribution in [2.75, 3.05) is 11.5 Å². The fourth-order valence-corrected chi connectivity index (χ4v) is 1.89. The Balaban J connectivity index is 3.98. The van der Waals surface area contributed by atoms with Crippen molar-refractivity contribution in [3.05, 3.63) is 0 Å². The van der Waals surface area contributed by atoms with Crippen LogP contribution in [0.15, 0.2) is 0 Å². The number of sulfone groups is 1. The summed E-state index contributed by atoms with van der Waals surface area (Å²) in [5.74, 6) is -0.137. The van der Waals surface area contributed by atoms with E-state index in [0.717, 1.165) is 0 Å². The van der Waals surface area contributed by atoms with Gasteiger partial charge in [-0.1, -0.05) is 27.7 Å². The summed E-state index contributed by atoms with van der Waals surface area (Å²) in [5.41, 5.74) is -0.0921. The van der Waals surface area contributed by atoms with Gasteiger partial charge in [0.25, 0.3) is 0 Å². The molecule has 102 valence electrons. The zero-order valence-electron chi connectivity index (χ0n) is 11.4. The number of carbonyl (C=O) groups excluding carboxylic acids is 1. The Morgan fingerprint density at radius 3 is 2.24 bits per heavy atom. The number of hydrogen-bond donors (Lipinski definition) is 0. The smallest absolute Gasteiger partial charge is 0.306 e. The predicted octanol–water partition coefficient (Wildman–Crippen LogP) is 2.18. The van der Waals surface area contributed by atoms with Crippen molar-refractivity contribution < 1.29 is 17.9 Å². The van der Waals surface area contributed by atoms with E-state index in [0.29, 0.717) is 6.42 Å². The standard InChI is InChI=1S/C12H24O4S/c1-6-17(14,15)9-7-8-11(13)16-10(2)12(3,4)5/h10H,6-9H2,1-5H3/t10-/m1/s1. The second kappa shape index (κ2) is 6.38. The molecule has 4 nitrogen and oxygen atoms in total. The largest absolute Gasteiger partial charge is 0.462 e. The van der Waals surface area contributed by atoms with Crippen LogP contribution in [-0.4, -0.2) is 32.0 Å². The molecule has 0 aromatic carbocycles. The van der Waals surface area contributed by atoms with Gasteiger partial charge in [0, 0.05) is 12.2 Å². The van der Waals surface area contributed by atoms with Gasteiger partial charge in [-0.25, -0.2) is 8.42 Å². The highest BCUT2D eigenvalue weighted by Crippen LogP contribution is 2.22. The number of rotatable bonds is 6. The number of hydrogen-bond acceptors (Lipinski definition) is 4. The van der Waals surface area contributed by atoms with Crippen molar-refractivity contribution in [3.63, 3.8) is 0 Å². The molecular formula is C12H24O4S. The van der Waals surface area contributed by atoms with E-state index in [-0.39, 0.29) is 35.4 Å². The summed E-state index contributed by atoms with van der Waals surface area (Å²) < 4.78 is 27.6. The summed E-state index contributed by atoms with van der Waals surface area (Å²) >= 11 is 0. The maximum absolute atomic E-state index is 11.5. The van der Waals surface area contributed by atoms with Crippen molar-refractivity contribution in [2.45, 2.75) is 53.6 Å². The van der Waals surface area contributed by atoms with Crippen molar-refractivity contribution in [2.24, 2.45) is 5.41 Å². The van der Waals surface area contributed by atoms with Gasteiger partial charge in [0.1, 0.15) is 15.9 Å². The van der Waals surface area contributed by atoms with E-state index in [1.807, 2.05) is 27.7 Å². The Labute approximate surface area is 105 Å². The van der Waals surface area contributed by atoms with Crippen LogP contribution in [0.2, 0.25) is 0 Å². The fourth-order valence-electron chi connectivity index (χ4n) is 1.01. The molecule has 0 rings (SSSR count). The molecule has 1 atom stereocenters. The average Bonchev–Trinajstić information content (AvgIpc) is 2.15. The number of ether oxygens (including phenoxy) is 1. The van der Waals surface area contributed by atoms with Crippen LogP contribution in [0.3, 0.4) is 0 Å². The van der Waals surface area contributed by atoms with E-state index in [1.165, 1.54) is 0 Å². The van der Waals surface area contributed by atoms with Crippen LogP contribution in [0.5, 0.6) is 0 Å². The molecule has 0 aliphatic rings. The minimum Gasteiger partial charge on any atom is -0.462 e. The summed E-state index contributed by atoms with van der Waals surface area (Å²) in [5, 5.41) is 0. The molecule has 0 amide bonds. The van der Waals surface area contributed by atoms with Gasteiger partial charge in [0.05, 0.1) is 5.75 Å². The van der Waals surface area contributed by atoms with Gasteiger partial charge in [-0.2, -0.15) is 0 Å². The Bertz CT molecular complexity index is 338. The minimum atomic E-state index is -2.98. The van der Waals surface area contributed by atoms with Crippen LogP contribution in [-0.2, 0) is 19.4 Å². The Hall–Kier alpha value is -0.580. The van der Waals surface area contributed by atoms with E-state index >= 15 is 0 Å². The third-order valence-electron chi connectivity index (χ3n) is 2.80. The maximum atomic E-state index is 11.5. The summed E-state index contributed by atoms with van der Waals surface area (Å²) in [7, 11) is -2.98. The lowest BCUT2D eigenvalue weighted by Gasteiger charge is -2.26. The molecule has 17 heavy (non-hydrogen) atoms. The van der Waals surface area contributed by atoms with Crippen LogP contribution in [0, 0.1) is 5.41 Å². The Morgan fingerprint density at radius 2 is 1.82 bits per heavy atom. The zero-order valence-corrected chi connectivity index (χ0v) is 12.3. The van der Waals surface area contributed by atoms with Crippen LogP contribution in [0.1, 0.15) is 47.5 Å². The van der Waals surface area contributed by atoms with E-state index < -0.39 is 9.84 Å². The van der Waals surface area contributed by atoms with Crippen molar-refractivity contribution in [1.29, 1.82) is 0 Å². The van der Waals surface area contributed by atoms with Gasteiger partial charge < -0.3 is 4.74 Å². The highest BCUT2D eigenvalue weighted by atomic mass is 32.2. The molecular weight excluding hydrogens is 240 g/mol. The predicted molar refractivity (Wildman–Crippen MR) is 68.6 cm³/mol. The molecule has 0 aromatic heterocycles. The molecule has 0 bridgehead atoms. The van der Waals surface area contributed by atoms with Gasteiger partial charge in [0.2, 0.25) is 0 Å². The second-order valence-corrected chi connectivity index (χ2v) is 7.81. The quantitative estimate of drug-likeness (QED) is 0.690. The normalized spacial score (nSPS) is 14.4. The van der Waals surface area contributed by atoms with Crippen LogP contribution >= 0.6 is 0 Å². The summed E-state index contributed by atoms with van der Waals surface area (Å²) in [6.45, 7) is 9.43.